The van der Waals surface area contributed by atoms with E-state index in [0.29, 0.717) is 18.8 Å². The first-order chi connectivity index (χ1) is 5.68. The topological polar surface area (TPSA) is 30.5 Å². The minimum atomic E-state index is 0.239. The van der Waals surface area contributed by atoms with Crippen molar-refractivity contribution in [3.05, 3.63) is 0 Å². The van der Waals surface area contributed by atoms with E-state index in [2.05, 4.69) is 12.2 Å². The molecule has 1 rings (SSSR count). The highest BCUT2D eigenvalue weighted by molar-refractivity contribution is 4.72. The lowest BCUT2D eigenvalue weighted by atomic mass is 10.2. The molecule has 1 fully saturated rings. The first-order valence-electron chi connectivity index (χ1n) is 4.65. The third-order valence-corrected chi connectivity index (χ3v) is 1.89. The van der Waals surface area contributed by atoms with Crippen molar-refractivity contribution >= 4 is 0 Å². The largest absolute Gasteiger partial charge is 0.376 e. The van der Waals surface area contributed by atoms with Crippen LogP contribution in [-0.2, 0) is 9.47 Å². The lowest BCUT2D eigenvalue weighted by Gasteiger charge is -2.28. The fourth-order valence-electron chi connectivity index (χ4n) is 1.14. The Balaban J connectivity index is 2.09. The highest BCUT2D eigenvalue weighted by Gasteiger charge is 2.17. The second kappa shape index (κ2) is 4.80. The molecule has 0 aromatic rings. The van der Waals surface area contributed by atoms with Gasteiger partial charge in [-0.05, 0) is 20.8 Å². The Hall–Kier alpha value is -0.120. The van der Waals surface area contributed by atoms with Gasteiger partial charge in [0.15, 0.2) is 0 Å². The predicted molar refractivity (Wildman–Crippen MR) is 48.3 cm³/mol. The van der Waals surface area contributed by atoms with Gasteiger partial charge in [-0.25, -0.2) is 0 Å². The first-order valence-corrected chi connectivity index (χ1v) is 4.65. The molecule has 1 saturated heterocycles. The highest BCUT2D eigenvalue weighted by Crippen LogP contribution is 2.02. The van der Waals surface area contributed by atoms with Crippen LogP contribution < -0.4 is 5.32 Å². The van der Waals surface area contributed by atoms with E-state index in [9.17, 15) is 0 Å². The summed E-state index contributed by atoms with van der Waals surface area (Å²) in [5.41, 5.74) is 0. The third kappa shape index (κ3) is 3.52. The predicted octanol–water partition coefficient (Wildman–Crippen LogP) is 0.788. The summed E-state index contributed by atoms with van der Waals surface area (Å²) in [4.78, 5) is 0. The molecule has 3 nitrogen and oxygen atoms in total. The van der Waals surface area contributed by atoms with Crippen LogP contribution in [0.3, 0.4) is 0 Å². The third-order valence-electron chi connectivity index (χ3n) is 1.89. The molecular weight excluding hydrogens is 154 g/mol. The number of hydrogen-bond acceptors (Lipinski definition) is 3. The second-order valence-electron chi connectivity index (χ2n) is 3.65. The average molecular weight is 173 g/mol. The molecule has 0 spiro atoms. The summed E-state index contributed by atoms with van der Waals surface area (Å²) in [5, 5.41) is 3.35. The van der Waals surface area contributed by atoms with E-state index in [-0.39, 0.29) is 6.10 Å². The fraction of sp³-hybridized carbons (Fsp3) is 1.00. The van der Waals surface area contributed by atoms with Crippen LogP contribution in [0.4, 0.5) is 0 Å². The monoisotopic (exact) mass is 173 g/mol. The molecule has 1 aliphatic rings. The van der Waals surface area contributed by atoms with Crippen LogP contribution in [0.1, 0.15) is 20.8 Å². The molecule has 1 heterocycles. The van der Waals surface area contributed by atoms with Gasteiger partial charge < -0.3 is 14.8 Å². The van der Waals surface area contributed by atoms with Crippen molar-refractivity contribution in [2.24, 2.45) is 0 Å². The minimum absolute atomic E-state index is 0.239. The SMILES string of the molecule is CC1COC(COC(C)C)CN1. The molecule has 2 unspecified atom stereocenters. The van der Waals surface area contributed by atoms with E-state index in [0.717, 1.165) is 13.2 Å². The van der Waals surface area contributed by atoms with Gasteiger partial charge in [-0.3, -0.25) is 0 Å². The molecule has 0 radical (unpaired) electrons. The van der Waals surface area contributed by atoms with Gasteiger partial charge in [0, 0.05) is 12.6 Å². The molecule has 12 heavy (non-hydrogen) atoms. The zero-order chi connectivity index (χ0) is 8.97. The van der Waals surface area contributed by atoms with Gasteiger partial charge in [0.1, 0.15) is 0 Å². The van der Waals surface area contributed by atoms with Crippen molar-refractivity contribution in [1.29, 1.82) is 0 Å². The van der Waals surface area contributed by atoms with Gasteiger partial charge >= 0.3 is 0 Å². The lowest BCUT2D eigenvalue weighted by molar-refractivity contribution is -0.0575. The van der Waals surface area contributed by atoms with Crippen LogP contribution in [0.5, 0.6) is 0 Å². The zero-order valence-corrected chi connectivity index (χ0v) is 8.17. The zero-order valence-electron chi connectivity index (χ0n) is 8.17. The van der Waals surface area contributed by atoms with Crippen molar-refractivity contribution in [2.45, 2.75) is 39.0 Å². The Labute approximate surface area is 74.4 Å². The van der Waals surface area contributed by atoms with Gasteiger partial charge in [0.05, 0.1) is 25.4 Å². The maximum absolute atomic E-state index is 5.55. The van der Waals surface area contributed by atoms with Crippen molar-refractivity contribution in [2.75, 3.05) is 19.8 Å². The summed E-state index contributed by atoms with van der Waals surface area (Å²) in [6.45, 7) is 8.62. The van der Waals surface area contributed by atoms with Crippen LogP contribution in [0.15, 0.2) is 0 Å². The Kier molecular flexibility index (Phi) is 3.98. The van der Waals surface area contributed by atoms with Crippen LogP contribution in [0, 0.1) is 0 Å². The van der Waals surface area contributed by atoms with Crippen molar-refractivity contribution < 1.29 is 9.47 Å². The highest BCUT2D eigenvalue weighted by atomic mass is 16.5. The number of nitrogens with one attached hydrogen (secondary N) is 1. The second-order valence-corrected chi connectivity index (χ2v) is 3.65. The van der Waals surface area contributed by atoms with E-state index in [4.69, 9.17) is 9.47 Å². The summed E-state index contributed by atoms with van der Waals surface area (Å²) in [7, 11) is 0. The number of morpholine rings is 1. The van der Waals surface area contributed by atoms with Gasteiger partial charge in [-0.1, -0.05) is 0 Å². The summed E-state index contributed by atoms with van der Waals surface area (Å²) >= 11 is 0. The maximum atomic E-state index is 5.55. The van der Waals surface area contributed by atoms with E-state index < -0.39 is 0 Å². The van der Waals surface area contributed by atoms with Gasteiger partial charge in [-0.15, -0.1) is 0 Å². The maximum Gasteiger partial charge on any atom is 0.0933 e. The molecule has 3 heteroatoms. The summed E-state index contributed by atoms with van der Waals surface area (Å²) in [6.07, 6.45) is 0.538. The Morgan fingerprint density at radius 3 is 2.83 bits per heavy atom. The number of rotatable bonds is 3. The average Bonchev–Trinajstić information content (AvgIpc) is 2.03. The summed E-state index contributed by atoms with van der Waals surface area (Å²) in [6, 6.07) is 0.486. The Morgan fingerprint density at radius 2 is 2.33 bits per heavy atom. The molecule has 0 aromatic heterocycles. The molecule has 72 valence electrons. The lowest BCUT2D eigenvalue weighted by Crippen LogP contribution is -2.46. The van der Waals surface area contributed by atoms with Crippen LogP contribution in [0.25, 0.3) is 0 Å². The minimum Gasteiger partial charge on any atom is -0.376 e. The van der Waals surface area contributed by atoms with Crippen LogP contribution >= 0.6 is 0 Å². The van der Waals surface area contributed by atoms with E-state index in [1.165, 1.54) is 0 Å². The molecule has 1 N–H and O–H groups in total. The van der Waals surface area contributed by atoms with E-state index in [1.54, 1.807) is 0 Å². The smallest absolute Gasteiger partial charge is 0.0933 e. The first kappa shape index (κ1) is 9.96. The number of ether oxygens (including phenoxy) is 2. The van der Waals surface area contributed by atoms with Crippen molar-refractivity contribution in [3.63, 3.8) is 0 Å². The molecule has 1 aliphatic heterocycles. The standard InChI is InChI=1S/C9H19NO2/c1-7(2)11-6-9-4-10-8(3)5-12-9/h7-10H,4-6H2,1-3H3. The summed E-state index contributed by atoms with van der Waals surface area (Å²) in [5.74, 6) is 0. The Morgan fingerprint density at radius 1 is 1.58 bits per heavy atom. The molecule has 2 atom stereocenters. The normalized spacial score (nSPS) is 31.0. The van der Waals surface area contributed by atoms with Crippen molar-refractivity contribution in [1.82, 2.24) is 5.32 Å². The van der Waals surface area contributed by atoms with E-state index in [1.807, 2.05) is 13.8 Å². The van der Waals surface area contributed by atoms with Gasteiger partial charge in [-0.2, -0.15) is 0 Å². The fourth-order valence-corrected chi connectivity index (χ4v) is 1.14. The molecule has 0 amide bonds. The molecule has 0 saturated carbocycles. The molecule has 0 bridgehead atoms. The van der Waals surface area contributed by atoms with Crippen LogP contribution in [-0.4, -0.2) is 38.0 Å². The van der Waals surface area contributed by atoms with Crippen molar-refractivity contribution in [3.8, 4) is 0 Å². The Bertz CT molecular complexity index is 120. The van der Waals surface area contributed by atoms with Gasteiger partial charge in [0.2, 0.25) is 0 Å². The van der Waals surface area contributed by atoms with Crippen LogP contribution in [0.2, 0.25) is 0 Å². The summed E-state index contributed by atoms with van der Waals surface area (Å²) < 4.78 is 11.0. The molecule has 0 aliphatic carbocycles. The quantitative estimate of drug-likeness (QED) is 0.684. The van der Waals surface area contributed by atoms with E-state index >= 15 is 0 Å². The number of hydrogen-bond donors (Lipinski definition) is 1. The van der Waals surface area contributed by atoms with Gasteiger partial charge in [0.25, 0.3) is 0 Å². The molecule has 0 aromatic carbocycles. The molecular formula is C9H19NO2.